The van der Waals surface area contributed by atoms with Crippen LogP contribution in [0.4, 0.5) is 17.5 Å². The van der Waals surface area contributed by atoms with Gasteiger partial charge < -0.3 is 10.6 Å². The van der Waals surface area contributed by atoms with Crippen molar-refractivity contribution in [3.63, 3.8) is 0 Å². The minimum absolute atomic E-state index is 0.0569. The maximum atomic E-state index is 12.7. The van der Waals surface area contributed by atoms with E-state index in [9.17, 15) is 8.42 Å². The molecule has 0 amide bonds. The van der Waals surface area contributed by atoms with Crippen molar-refractivity contribution in [3.05, 3.63) is 66.0 Å². The molecule has 1 aliphatic heterocycles. The van der Waals surface area contributed by atoms with Gasteiger partial charge in [0.05, 0.1) is 15.9 Å². The van der Waals surface area contributed by atoms with Gasteiger partial charge >= 0.3 is 0 Å². The van der Waals surface area contributed by atoms with Crippen molar-refractivity contribution in [1.29, 1.82) is 0 Å². The van der Waals surface area contributed by atoms with Crippen molar-refractivity contribution in [2.24, 2.45) is 0 Å². The third kappa shape index (κ3) is 4.16. The highest BCUT2D eigenvalue weighted by Gasteiger charge is 2.25. The van der Waals surface area contributed by atoms with E-state index in [1.165, 1.54) is 23.9 Å². The van der Waals surface area contributed by atoms with Gasteiger partial charge in [-0.3, -0.25) is 0 Å². The first-order valence-electron chi connectivity index (χ1n) is 9.77. The molecule has 3 N–H and O–H groups in total. The molecule has 0 bridgehead atoms. The molecular formula is C21H19N7O2S2. The lowest BCUT2D eigenvalue weighted by Crippen LogP contribution is -2.21. The van der Waals surface area contributed by atoms with Gasteiger partial charge in [0.15, 0.2) is 11.3 Å². The Bertz CT molecular complexity index is 1360. The number of para-hydroxylation sites is 2. The van der Waals surface area contributed by atoms with Gasteiger partial charge in [-0.1, -0.05) is 23.9 Å². The fourth-order valence-electron chi connectivity index (χ4n) is 3.32. The molecule has 5 rings (SSSR count). The Morgan fingerprint density at radius 2 is 1.56 bits per heavy atom. The fourth-order valence-corrected chi connectivity index (χ4v) is 5.22. The van der Waals surface area contributed by atoms with Crippen LogP contribution in [0.2, 0.25) is 0 Å². The van der Waals surface area contributed by atoms with Crippen LogP contribution in [-0.2, 0) is 10.0 Å². The Balaban J connectivity index is 1.29. The number of rotatable bonds is 5. The van der Waals surface area contributed by atoms with Crippen molar-refractivity contribution in [1.82, 2.24) is 19.9 Å². The van der Waals surface area contributed by atoms with E-state index >= 15 is 0 Å². The summed E-state index contributed by atoms with van der Waals surface area (Å²) in [5.41, 5.74) is 3.63. The first kappa shape index (κ1) is 20.5. The molecule has 1 aliphatic rings. The number of anilines is 3. The normalized spacial score (nSPS) is 15.2. The second-order valence-corrected chi connectivity index (χ2v) is 10.0. The lowest BCUT2D eigenvalue weighted by molar-refractivity contribution is 0.601. The zero-order chi connectivity index (χ0) is 22.3. The number of aromatic nitrogens is 4. The highest BCUT2D eigenvalue weighted by Crippen LogP contribution is 2.37. The third-order valence-electron chi connectivity index (χ3n) is 4.71. The standard InChI is InChI=1S/C21H19N7O2S2/c1-12-11-13(2)23-20(22-12)28-32(29,30)15-9-7-14(8-10-15)24-21-27-18-19(31-21)26-17-6-4-3-5-16(17)25-18/h3-11,21,24H,1-2H3,(H,25,27)(H,22,23,28). The van der Waals surface area contributed by atoms with Crippen LogP contribution in [0, 0.1) is 13.8 Å². The van der Waals surface area contributed by atoms with E-state index < -0.39 is 10.0 Å². The number of aryl methyl sites for hydroxylation is 2. The summed E-state index contributed by atoms with van der Waals surface area (Å²) < 4.78 is 27.8. The Labute approximate surface area is 189 Å². The van der Waals surface area contributed by atoms with Crippen LogP contribution in [0.3, 0.4) is 0 Å². The summed E-state index contributed by atoms with van der Waals surface area (Å²) in [5, 5.41) is 7.43. The van der Waals surface area contributed by atoms with Crippen molar-refractivity contribution in [3.8, 4) is 0 Å². The van der Waals surface area contributed by atoms with Crippen molar-refractivity contribution in [2.45, 2.75) is 29.3 Å². The van der Waals surface area contributed by atoms with E-state index in [0.717, 1.165) is 27.6 Å². The Morgan fingerprint density at radius 1 is 0.906 bits per heavy atom. The van der Waals surface area contributed by atoms with Crippen LogP contribution < -0.4 is 15.4 Å². The zero-order valence-corrected chi connectivity index (χ0v) is 18.8. The van der Waals surface area contributed by atoms with E-state index in [4.69, 9.17) is 0 Å². The summed E-state index contributed by atoms with van der Waals surface area (Å²) in [6.45, 7) is 3.57. The summed E-state index contributed by atoms with van der Waals surface area (Å²) in [7, 11) is -3.80. The van der Waals surface area contributed by atoms with E-state index in [1.54, 1.807) is 32.0 Å². The monoisotopic (exact) mass is 465 g/mol. The van der Waals surface area contributed by atoms with Gasteiger partial charge in [0.25, 0.3) is 10.0 Å². The molecule has 2 aromatic heterocycles. The molecule has 9 nitrogen and oxygen atoms in total. The summed E-state index contributed by atoms with van der Waals surface area (Å²) in [4.78, 5) is 17.6. The lowest BCUT2D eigenvalue weighted by Gasteiger charge is -2.14. The number of sulfonamides is 1. The highest BCUT2D eigenvalue weighted by molar-refractivity contribution is 8.00. The van der Waals surface area contributed by atoms with Gasteiger partial charge in [-0.2, -0.15) is 0 Å². The molecule has 2 aromatic carbocycles. The second kappa shape index (κ2) is 7.92. The predicted octanol–water partition coefficient (Wildman–Crippen LogP) is 3.75. The molecule has 1 atom stereocenters. The molecule has 3 heterocycles. The van der Waals surface area contributed by atoms with Gasteiger partial charge in [0.2, 0.25) is 5.95 Å². The van der Waals surface area contributed by atoms with E-state index in [0.29, 0.717) is 11.4 Å². The molecule has 162 valence electrons. The van der Waals surface area contributed by atoms with Crippen LogP contribution >= 0.6 is 11.8 Å². The van der Waals surface area contributed by atoms with Crippen LogP contribution in [0.1, 0.15) is 11.4 Å². The van der Waals surface area contributed by atoms with Gasteiger partial charge in [-0.05, 0) is 56.3 Å². The fraction of sp³-hybridized carbons (Fsp3) is 0.143. The number of hydrogen-bond donors (Lipinski definition) is 3. The van der Waals surface area contributed by atoms with Crippen LogP contribution in [0.5, 0.6) is 0 Å². The van der Waals surface area contributed by atoms with Crippen molar-refractivity contribution < 1.29 is 8.42 Å². The van der Waals surface area contributed by atoms with Crippen LogP contribution in [-0.4, -0.2) is 33.9 Å². The Kier molecular flexibility index (Phi) is 5.06. The number of benzene rings is 2. The largest absolute Gasteiger partial charge is 0.357 e. The number of nitrogens with zero attached hydrogens (tertiary/aromatic N) is 4. The second-order valence-electron chi connectivity index (χ2n) is 7.26. The molecular weight excluding hydrogens is 446 g/mol. The SMILES string of the molecule is Cc1cc(C)nc(NS(=O)(=O)c2ccc(NC3Nc4nc5ccccc5nc4S3)cc2)n1. The first-order chi connectivity index (χ1) is 15.4. The molecule has 32 heavy (non-hydrogen) atoms. The molecule has 4 aromatic rings. The molecule has 0 aliphatic carbocycles. The minimum atomic E-state index is -3.80. The van der Waals surface area contributed by atoms with Crippen molar-refractivity contribution >= 4 is 50.3 Å². The maximum Gasteiger partial charge on any atom is 0.264 e. The lowest BCUT2D eigenvalue weighted by atomic mass is 10.3. The number of hydrogen-bond acceptors (Lipinski definition) is 9. The quantitative estimate of drug-likeness (QED) is 0.404. The average Bonchev–Trinajstić information content (AvgIpc) is 3.12. The van der Waals surface area contributed by atoms with Gasteiger partial charge in [-0.25, -0.2) is 33.1 Å². The summed E-state index contributed by atoms with van der Waals surface area (Å²) >= 11 is 1.52. The van der Waals surface area contributed by atoms with E-state index in [-0.39, 0.29) is 16.3 Å². The summed E-state index contributed by atoms with van der Waals surface area (Å²) in [5.74, 6) is 0.782. The minimum Gasteiger partial charge on any atom is -0.357 e. The number of thioether (sulfide) groups is 1. The molecule has 0 radical (unpaired) electrons. The van der Waals surface area contributed by atoms with Crippen LogP contribution in [0.25, 0.3) is 11.0 Å². The van der Waals surface area contributed by atoms with E-state index in [2.05, 4.69) is 35.3 Å². The summed E-state index contributed by atoms with van der Waals surface area (Å²) in [6, 6.07) is 16.0. The molecule has 0 saturated heterocycles. The van der Waals surface area contributed by atoms with Crippen LogP contribution in [0.15, 0.2) is 64.5 Å². The topological polar surface area (TPSA) is 122 Å². The predicted molar refractivity (Wildman–Crippen MR) is 125 cm³/mol. The molecule has 11 heteroatoms. The average molecular weight is 466 g/mol. The van der Waals surface area contributed by atoms with Gasteiger partial charge in [0, 0.05) is 17.1 Å². The smallest absolute Gasteiger partial charge is 0.264 e. The highest BCUT2D eigenvalue weighted by atomic mass is 32.2. The molecule has 0 saturated carbocycles. The molecule has 0 spiro atoms. The van der Waals surface area contributed by atoms with Gasteiger partial charge in [-0.15, -0.1) is 0 Å². The Morgan fingerprint density at radius 3 is 2.25 bits per heavy atom. The maximum absolute atomic E-state index is 12.7. The van der Waals surface area contributed by atoms with Gasteiger partial charge in [0.1, 0.15) is 5.03 Å². The van der Waals surface area contributed by atoms with E-state index in [1.807, 2.05) is 24.3 Å². The number of nitrogens with one attached hydrogen (secondary N) is 3. The molecule has 0 fully saturated rings. The number of fused-ring (bicyclic) bond motifs is 2. The third-order valence-corrected chi connectivity index (χ3v) is 7.03. The first-order valence-corrected chi connectivity index (χ1v) is 12.1. The zero-order valence-electron chi connectivity index (χ0n) is 17.2. The van der Waals surface area contributed by atoms with Crippen molar-refractivity contribution in [2.75, 3.05) is 15.4 Å². The Hall–Kier alpha value is -3.44. The summed E-state index contributed by atoms with van der Waals surface area (Å²) in [6.07, 6.45) is 0. The molecule has 1 unspecified atom stereocenters.